The van der Waals surface area contributed by atoms with Crippen LogP contribution in [0.4, 0.5) is 0 Å². The zero-order chi connectivity index (χ0) is 18.7. The van der Waals surface area contributed by atoms with Crippen molar-refractivity contribution >= 4 is 0 Å². The van der Waals surface area contributed by atoms with E-state index < -0.39 is 17.0 Å². The summed E-state index contributed by atoms with van der Waals surface area (Å²) in [4.78, 5) is 23.0. The molecule has 0 atom stereocenters. The predicted octanol–water partition coefficient (Wildman–Crippen LogP) is 6.05. The van der Waals surface area contributed by atoms with Gasteiger partial charge in [-0.05, 0) is 45.4 Å². The minimum absolute atomic E-state index is 0.0638. The molecule has 4 heteroatoms. The van der Waals surface area contributed by atoms with E-state index in [9.17, 15) is 0 Å². The van der Waals surface area contributed by atoms with Crippen molar-refractivity contribution in [2.45, 2.75) is 113 Å². The molecule has 0 unspecified atom stereocenters. The lowest BCUT2D eigenvalue weighted by atomic mass is 9.79. The fourth-order valence-electron chi connectivity index (χ4n) is 1.19. The second-order valence-corrected chi connectivity index (χ2v) is 9.74. The lowest BCUT2D eigenvalue weighted by Gasteiger charge is -2.42. The van der Waals surface area contributed by atoms with Crippen LogP contribution in [0.5, 0.6) is 0 Å². The van der Waals surface area contributed by atoms with Crippen molar-refractivity contribution in [3.63, 3.8) is 0 Å². The molecule has 0 aromatic rings. The van der Waals surface area contributed by atoms with Crippen LogP contribution in [-0.2, 0) is 19.6 Å². The SMILES string of the molecule is CCCC(C)(OOC(C)(C)C(C)(C)C)OOC(C)(C)C(C)(C)C. The maximum Gasteiger partial charge on any atom is 0.231 e. The summed E-state index contributed by atoms with van der Waals surface area (Å²) in [6.45, 7) is 24.7. The predicted molar refractivity (Wildman–Crippen MR) is 94.7 cm³/mol. The van der Waals surface area contributed by atoms with E-state index in [0.717, 1.165) is 6.42 Å². The van der Waals surface area contributed by atoms with Crippen molar-refractivity contribution in [3.05, 3.63) is 0 Å². The molecule has 0 saturated heterocycles. The first-order valence-corrected chi connectivity index (χ1v) is 8.71. The van der Waals surface area contributed by atoms with Gasteiger partial charge in [0.25, 0.3) is 0 Å². The van der Waals surface area contributed by atoms with Crippen molar-refractivity contribution in [1.29, 1.82) is 0 Å². The third kappa shape index (κ3) is 6.69. The highest BCUT2D eigenvalue weighted by molar-refractivity contribution is 4.83. The van der Waals surface area contributed by atoms with Gasteiger partial charge < -0.3 is 0 Å². The van der Waals surface area contributed by atoms with Crippen LogP contribution in [0, 0.1) is 10.8 Å². The van der Waals surface area contributed by atoms with Gasteiger partial charge >= 0.3 is 0 Å². The molecular weight excluding hydrogens is 292 g/mol. The summed E-state index contributed by atoms with van der Waals surface area (Å²) in [5.41, 5.74) is -1.03. The summed E-state index contributed by atoms with van der Waals surface area (Å²) in [5.74, 6) is -0.945. The summed E-state index contributed by atoms with van der Waals surface area (Å²) in [6.07, 6.45) is 1.57. The minimum Gasteiger partial charge on any atom is -0.227 e. The van der Waals surface area contributed by atoms with E-state index in [1.165, 1.54) is 0 Å². The molecule has 0 spiro atoms. The standard InChI is InChI=1S/C19H40O4/c1-13-14-19(12,22-20-17(8,9)15(2,3)4)23-21-18(10,11)16(5,6)7/h13-14H2,1-12H3. The zero-order valence-electron chi connectivity index (χ0n) is 17.5. The van der Waals surface area contributed by atoms with Crippen LogP contribution in [0.15, 0.2) is 0 Å². The van der Waals surface area contributed by atoms with Gasteiger partial charge in [0, 0.05) is 6.42 Å². The number of rotatable bonds is 8. The number of hydrogen-bond donors (Lipinski definition) is 0. The Morgan fingerprint density at radius 2 is 0.826 bits per heavy atom. The Hall–Kier alpha value is -0.160. The summed E-state index contributed by atoms with van der Waals surface area (Å²) >= 11 is 0. The maximum absolute atomic E-state index is 5.76. The maximum atomic E-state index is 5.76. The van der Waals surface area contributed by atoms with Crippen molar-refractivity contribution in [3.8, 4) is 0 Å². The lowest BCUT2D eigenvalue weighted by Crippen LogP contribution is -2.46. The van der Waals surface area contributed by atoms with E-state index in [2.05, 4.69) is 48.5 Å². The Kier molecular flexibility index (Phi) is 7.33. The molecule has 0 heterocycles. The lowest BCUT2D eigenvalue weighted by molar-refractivity contribution is -0.548. The van der Waals surface area contributed by atoms with Gasteiger partial charge in [0.05, 0.1) is 0 Å². The van der Waals surface area contributed by atoms with E-state index in [1.807, 2.05) is 34.6 Å². The zero-order valence-corrected chi connectivity index (χ0v) is 17.5. The first-order valence-electron chi connectivity index (χ1n) is 8.71. The molecule has 140 valence electrons. The van der Waals surface area contributed by atoms with Crippen molar-refractivity contribution in [2.24, 2.45) is 10.8 Å². The van der Waals surface area contributed by atoms with E-state index in [4.69, 9.17) is 19.6 Å². The van der Waals surface area contributed by atoms with Crippen LogP contribution in [0.2, 0.25) is 0 Å². The van der Waals surface area contributed by atoms with Gasteiger partial charge in [0.15, 0.2) is 0 Å². The Labute approximate surface area is 144 Å². The van der Waals surface area contributed by atoms with E-state index in [1.54, 1.807) is 0 Å². The Morgan fingerprint density at radius 3 is 1.04 bits per heavy atom. The molecule has 0 aliphatic rings. The van der Waals surface area contributed by atoms with E-state index in [-0.39, 0.29) is 10.8 Å². The molecule has 0 rings (SSSR count). The molecule has 0 aliphatic heterocycles. The van der Waals surface area contributed by atoms with Gasteiger partial charge in [-0.3, -0.25) is 0 Å². The van der Waals surface area contributed by atoms with Crippen molar-refractivity contribution in [2.75, 3.05) is 0 Å². The first kappa shape index (κ1) is 22.8. The first-order chi connectivity index (χ1) is 9.97. The molecule has 0 aromatic heterocycles. The Balaban J connectivity index is 4.95. The summed E-state index contributed by atoms with van der Waals surface area (Å²) in [6, 6.07) is 0. The average Bonchev–Trinajstić information content (AvgIpc) is 2.32. The van der Waals surface area contributed by atoms with Gasteiger partial charge in [-0.15, -0.1) is 0 Å². The summed E-state index contributed by atoms with van der Waals surface area (Å²) in [7, 11) is 0. The quantitative estimate of drug-likeness (QED) is 0.308. The van der Waals surface area contributed by atoms with Gasteiger partial charge in [-0.25, -0.2) is 9.78 Å². The molecule has 0 saturated carbocycles. The molecule has 23 heavy (non-hydrogen) atoms. The van der Waals surface area contributed by atoms with Gasteiger partial charge in [-0.1, -0.05) is 54.9 Å². The minimum atomic E-state index is -0.945. The number of hydrogen-bond acceptors (Lipinski definition) is 4. The third-order valence-corrected chi connectivity index (χ3v) is 5.17. The molecule has 0 N–H and O–H groups in total. The Morgan fingerprint density at radius 1 is 0.522 bits per heavy atom. The molecule has 0 radical (unpaired) electrons. The van der Waals surface area contributed by atoms with E-state index in [0.29, 0.717) is 6.42 Å². The van der Waals surface area contributed by atoms with Gasteiger partial charge in [-0.2, -0.15) is 9.78 Å². The average molecular weight is 333 g/mol. The summed E-state index contributed by atoms with van der Waals surface area (Å²) in [5, 5.41) is 0. The van der Waals surface area contributed by atoms with Crippen LogP contribution in [0.25, 0.3) is 0 Å². The van der Waals surface area contributed by atoms with Crippen LogP contribution < -0.4 is 0 Å². The molecule has 4 nitrogen and oxygen atoms in total. The van der Waals surface area contributed by atoms with Gasteiger partial charge in [0.1, 0.15) is 11.2 Å². The fourth-order valence-corrected chi connectivity index (χ4v) is 1.19. The highest BCUT2D eigenvalue weighted by Crippen LogP contribution is 2.37. The second kappa shape index (κ2) is 7.38. The van der Waals surface area contributed by atoms with Crippen LogP contribution in [0.3, 0.4) is 0 Å². The van der Waals surface area contributed by atoms with Gasteiger partial charge in [0.2, 0.25) is 5.79 Å². The fraction of sp³-hybridized carbons (Fsp3) is 1.00. The smallest absolute Gasteiger partial charge is 0.227 e. The van der Waals surface area contributed by atoms with Crippen LogP contribution in [0.1, 0.15) is 95.9 Å². The summed E-state index contributed by atoms with van der Waals surface area (Å²) < 4.78 is 0. The molecular formula is C19H40O4. The van der Waals surface area contributed by atoms with Crippen molar-refractivity contribution < 1.29 is 19.6 Å². The topological polar surface area (TPSA) is 36.9 Å². The monoisotopic (exact) mass is 332 g/mol. The molecule has 0 aliphatic carbocycles. The molecule has 0 amide bonds. The Bertz CT molecular complexity index is 329. The molecule has 0 bridgehead atoms. The largest absolute Gasteiger partial charge is 0.231 e. The van der Waals surface area contributed by atoms with E-state index >= 15 is 0 Å². The molecule has 0 fully saturated rings. The van der Waals surface area contributed by atoms with Crippen LogP contribution >= 0.6 is 0 Å². The van der Waals surface area contributed by atoms with Crippen molar-refractivity contribution in [1.82, 2.24) is 0 Å². The highest BCUT2D eigenvalue weighted by atomic mass is 17.3. The molecule has 0 aromatic carbocycles. The van der Waals surface area contributed by atoms with Crippen LogP contribution in [-0.4, -0.2) is 17.0 Å². The highest BCUT2D eigenvalue weighted by Gasteiger charge is 2.41. The second-order valence-electron chi connectivity index (χ2n) is 9.74. The third-order valence-electron chi connectivity index (χ3n) is 5.17. The normalized spacial score (nSPS) is 15.1.